The second-order valence-corrected chi connectivity index (χ2v) is 6.76. The van der Waals surface area contributed by atoms with Gasteiger partial charge in [-0.1, -0.05) is 12.1 Å². The molecule has 1 aromatic carbocycles. The molecule has 1 unspecified atom stereocenters. The van der Waals surface area contributed by atoms with Crippen LogP contribution < -0.4 is 4.74 Å². The van der Waals surface area contributed by atoms with Gasteiger partial charge in [0.15, 0.2) is 0 Å². The number of aryl methyl sites for hydroxylation is 1. The highest BCUT2D eigenvalue weighted by atomic mass is 19.3. The fourth-order valence-corrected chi connectivity index (χ4v) is 4.18. The summed E-state index contributed by atoms with van der Waals surface area (Å²) in [5.74, 6) is -0.334. The first-order valence-corrected chi connectivity index (χ1v) is 8.45. The van der Waals surface area contributed by atoms with Crippen molar-refractivity contribution in [2.75, 3.05) is 13.1 Å². The molecule has 1 N–H and O–H groups in total. The third-order valence-corrected chi connectivity index (χ3v) is 5.32. The van der Waals surface area contributed by atoms with Crippen LogP contribution in [-0.4, -0.2) is 40.7 Å². The molecule has 1 fully saturated rings. The summed E-state index contributed by atoms with van der Waals surface area (Å²) in [4.78, 5) is 14.7. The topological polar surface area (TPSA) is 58.2 Å². The number of ether oxygens (including phenoxy) is 1. The molecule has 2 heterocycles. The SMILES string of the molecule is O=C(c1ccccc1OC(F)F)N1CCCC2(CCc3cn[nH]c32)C1. The van der Waals surface area contributed by atoms with Crippen molar-refractivity contribution in [3.63, 3.8) is 0 Å². The van der Waals surface area contributed by atoms with Gasteiger partial charge in [-0.15, -0.1) is 0 Å². The van der Waals surface area contributed by atoms with Crippen LogP contribution in [0, 0.1) is 0 Å². The Morgan fingerprint density at radius 2 is 2.16 bits per heavy atom. The van der Waals surface area contributed by atoms with Gasteiger partial charge in [-0.25, -0.2) is 0 Å². The summed E-state index contributed by atoms with van der Waals surface area (Å²) < 4.78 is 29.8. The number of carbonyl (C=O) groups is 1. The molecule has 25 heavy (non-hydrogen) atoms. The highest BCUT2D eigenvalue weighted by Crippen LogP contribution is 2.44. The van der Waals surface area contributed by atoms with E-state index in [0.29, 0.717) is 13.1 Å². The molecular formula is C18H19F2N3O2. The van der Waals surface area contributed by atoms with Gasteiger partial charge in [0.2, 0.25) is 0 Å². The first-order chi connectivity index (χ1) is 12.1. The number of para-hydroxylation sites is 1. The maximum atomic E-state index is 13.0. The van der Waals surface area contributed by atoms with Gasteiger partial charge in [0.25, 0.3) is 5.91 Å². The van der Waals surface area contributed by atoms with E-state index in [9.17, 15) is 13.6 Å². The maximum Gasteiger partial charge on any atom is 0.387 e. The van der Waals surface area contributed by atoms with E-state index in [2.05, 4.69) is 14.9 Å². The Hall–Kier alpha value is -2.44. The molecule has 1 aliphatic heterocycles. The standard InChI is InChI=1S/C18H19F2N3O2/c19-17(20)25-14-5-2-1-4-13(14)16(24)23-9-3-7-18(11-23)8-6-12-10-21-22-15(12)18/h1-2,4-5,10,17H,3,6-9,11H2,(H,21,22). The number of nitrogens with zero attached hydrogens (tertiary/aromatic N) is 2. The molecule has 0 bridgehead atoms. The number of nitrogens with one attached hydrogen (secondary N) is 1. The van der Waals surface area contributed by atoms with Crippen LogP contribution in [0.5, 0.6) is 5.75 Å². The van der Waals surface area contributed by atoms with Crippen LogP contribution in [-0.2, 0) is 11.8 Å². The molecule has 1 spiro atoms. The average Bonchev–Trinajstić information content (AvgIpc) is 3.20. The van der Waals surface area contributed by atoms with E-state index < -0.39 is 6.61 Å². The first kappa shape index (κ1) is 16.1. The molecule has 1 aliphatic carbocycles. The first-order valence-electron chi connectivity index (χ1n) is 8.45. The summed E-state index contributed by atoms with van der Waals surface area (Å²) in [6.45, 7) is -1.76. The zero-order valence-corrected chi connectivity index (χ0v) is 13.7. The van der Waals surface area contributed by atoms with Gasteiger partial charge in [0.05, 0.1) is 11.8 Å². The molecule has 5 nitrogen and oxygen atoms in total. The normalized spacial score (nSPS) is 22.4. The van der Waals surface area contributed by atoms with Crippen molar-refractivity contribution in [3.05, 3.63) is 47.3 Å². The van der Waals surface area contributed by atoms with E-state index in [-0.39, 0.29) is 22.6 Å². The predicted molar refractivity (Wildman–Crippen MR) is 86.8 cm³/mol. The molecule has 1 aromatic heterocycles. The van der Waals surface area contributed by atoms with E-state index in [4.69, 9.17) is 0 Å². The van der Waals surface area contributed by atoms with Gasteiger partial charge in [-0.3, -0.25) is 9.89 Å². The highest BCUT2D eigenvalue weighted by molar-refractivity contribution is 5.97. The number of rotatable bonds is 3. The number of hydrogen-bond donors (Lipinski definition) is 1. The lowest BCUT2D eigenvalue weighted by molar-refractivity contribution is -0.0503. The fourth-order valence-electron chi connectivity index (χ4n) is 4.18. The Kier molecular flexibility index (Phi) is 3.94. The summed E-state index contributed by atoms with van der Waals surface area (Å²) in [7, 11) is 0. The lowest BCUT2D eigenvalue weighted by atomic mass is 9.77. The summed E-state index contributed by atoms with van der Waals surface area (Å²) >= 11 is 0. The number of benzene rings is 1. The number of fused-ring (bicyclic) bond motifs is 2. The molecular weight excluding hydrogens is 328 g/mol. The number of aromatic amines is 1. The van der Waals surface area contributed by atoms with Gasteiger partial charge in [-0.05, 0) is 43.4 Å². The molecule has 4 rings (SSSR count). The van der Waals surface area contributed by atoms with Crippen molar-refractivity contribution >= 4 is 5.91 Å². The zero-order valence-electron chi connectivity index (χ0n) is 13.7. The van der Waals surface area contributed by atoms with Gasteiger partial charge < -0.3 is 9.64 Å². The molecule has 1 amide bonds. The number of carbonyl (C=O) groups excluding carboxylic acids is 1. The Labute approximate surface area is 144 Å². The smallest absolute Gasteiger partial charge is 0.387 e. The molecule has 132 valence electrons. The van der Waals surface area contributed by atoms with E-state index in [0.717, 1.165) is 31.4 Å². The fraction of sp³-hybridized carbons (Fsp3) is 0.444. The number of alkyl halides is 2. The third-order valence-electron chi connectivity index (χ3n) is 5.32. The second kappa shape index (κ2) is 6.13. The van der Waals surface area contributed by atoms with E-state index in [1.807, 2.05) is 6.20 Å². The van der Waals surface area contributed by atoms with Crippen molar-refractivity contribution in [1.82, 2.24) is 15.1 Å². The number of halogens is 2. The average molecular weight is 347 g/mol. The number of piperidine rings is 1. The molecule has 1 saturated heterocycles. The highest BCUT2D eigenvalue weighted by Gasteiger charge is 2.44. The van der Waals surface area contributed by atoms with Crippen LogP contribution in [0.2, 0.25) is 0 Å². The van der Waals surface area contributed by atoms with Crippen LogP contribution in [0.25, 0.3) is 0 Å². The van der Waals surface area contributed by atoms with E-state index in [1.54, 1.807) is 17.0 Å². The Morgan fingerprint density at radius 1 is 1.32 bits per heavy atom. The quantitative estimate of drug-likeness (QED) is 0.928. The van der Waals surface area contributed by atoms with Crippen molar-refractivity contribution in [2.45, 2.75) is 37.7 Å². The minimum Gasteiger partial charge on any atom is -0.434 e. The number of H-pyrrole nitrogens is 1. The van der Waals surface area contributed by atoms with Crippen LogP contribution in [0.15, 0.2) is 30.5 Å². The van der Waals surface area contributed by atoms with Crippen molar-refractivity contribution in [3.8, 4) is 5.75 Å². The van der Waals surface area contributed by atoms with Gasteiger partial charge >= 0.3 is 6.61 Å². The Balaban J connectivity index is 1.60. The van der Waals surface area contributed by atoms with Crippen molar-refractivity contribution in [1.29, 1.82) is 0 Å². The van der Waals surface area contributed by atoms with Crippen molar-refractivity contribution in [2.24, 2.45) is 0 Å². The molecule has 2 aliphatic rings. The summed E-state index contributed by atoms with van der Waals surface area (Å²) in [5.41, 5.74) is 2.43. The lowest BCUT2D eigenvalue weighted by Crippen LogP contribution is -2.48. The minimum absolute atomic E-state index is 0.0734. The lowest BCUT2D eigenvalue weighted by Gasteiger charge is -2.40. The van der Waals surface area contributed by atoms with Gasteiger partial charge in [0, 0.05) is 24.2 Å². The molecule has 2 aromatic rings. The largest absolute Gasteiger partial charge is 0.434 e. The molecule has 1 atom stereocenters. The Bertz CT molecular complexity index is 792. The molecule has 0 radical (unpaired) electrons. The number of aromatic nitrogens is 2. The number of amides is 1. The van der Waals surface area contributed by atoms with Gasteiger partial charge in [0.1, 0.15) is 5.75 Å². The summed E-state index contributed by atoms with van der Waals surface area (Å²) in [5, 5.41) is 7.24. The summed E-state index contributed by atoms with van der Waals surface area (Å²) in [6.07, 6.45) is 5.68. The number of likely N-dealkylation sites (tertiary alicyclic amines) is 1. The van der Waals surface area contributed by atoms with Crippen LogP contribution >= 0.6 is 0 Å². The van der Waals surface area contributed by atoms with Crippen LogP contribution in [0.4, 0.5) is 8.78 Å². The van der Waals surface area contributed by atoms with E-state index in [1.165, 1.54) is 17.7 Å². The monoisotopic (exact) mass is 347 g/mol. The maximum absolute atomic E-state index is 13.0. The zero-order chi connectivity index (χ0) is 17.4. The Morgan fingerprint density at radius 3 is 3.00 bits per heavy atom. The third kappa shape index (κ3) is 2.77. The summed E-state index contributed by atoms with van der Waals surface area (Å²) in [6, 6.07) is 6.19. The van der Waals surface area contributed by atoms with Crippen LogP contribution in [0.1, 0.15) is 40.9 Å². The van der Waals surface area contributed by atoms with E-state index >= 15 is 0 Å². The molecule has 7 heteroatoms. The van der Waals surface area contributed by atoms with Gasteiger partial charge in [-0.2, -0.15) is 13.9 Å². The minimum atomic E-state index is -2.95. The van der Waals surface area contributed by atoms with Crippen LogP contribution in [0.3, 0.4) is 0 Å². The second-order valence-electron chi connectivity index (χ2n) is 6.76. The number of hydrogen-bond acceptors (Lipinski definition) is 3. The predicted octanol–water partition coefficient (Wildman–Crippen LogP) is 3.13. The molecule has 0 saturated carbocycles. The van der Waals surface area contributed by atoms with Crippen molar-refractivity contribution < 1.29 is 18.3 Å².